The summed E-state index contributed by atoms with van der Waals surface area (Å²) < 4.78 is 27.7. The van der Waals surface area contributed by atoms with Crippen molar-refractivity contribution in [1.82, 2.24) is 14.7 Å². The molecule has 7 heteroatoms. The zero-order valence-electron chi connectivity index (χ0n) is 13.4. The molecular formula is C19H13F2N3OS. The van der Waals surface area contributed by atoms with Gasteiger partial charge in [-0.05, 0) is 42.0 Å². The van der Waals surface area contributed by atoms with E-state index in [1.807, 2.05) is 0 Å². The molecule has 26 heavy (non-hydrogen) atoms. The Balaban J connectivity index is 1.55. The summed E-state index contributed by atoms with van der Waals surface area (Å²) in [5.74, 6) is -0.870. The Morgan fingerprint density at radius 2 is 1.69 bits per heavy atom. The predicted octanol–water partition coefficient (Wildman–Crippen LogP) is 4.27. The lowest BCUT2D eigenvalue weighted by atomic mass is 10.2. The third kappa shape index (κ3) is 3.21. The second-order valence-corrected chi connectivity index (χ2v) is 6.55. The molecule has 0 saturated carbocycles. The average Bonchev–Trinajstić information content (AvgIpc) is 3.22. The van der Waals surface area contributed by atoms with E-state index in [-0.39, 0.29) is 17.5 Å². The number of fused-ring (bicyclic) bond motifs is 1. The van der Waals surface area contributed by atoms with E-state index in [0.717, 1.165) is 11.1 Å². The molecule has 0 aliphatic heterocycles. The second-order valence-electron chi connectivity index (χ2n) is 5.72. The highest BCUT2D eigenvalue weighted by atomic mass is 32.1. The van der Waals surface area contributed by atoms with Crippen LogP contribution in [0.2, 0.25) is 0 Å². The van der Waals surface area contributed by atoms with E-state index in [9.17, 15) is 13.6 Å². The molecule has 1 N–H and O–H groups in total. The molecule has 4 rings (SSSR count). The molecule has 0 spiro atoms. The van der Waals surface area contributed by atoms with E-state index in [1.165, 1.54) is 35.6 Å². The van der Waals surface area contributed by atoms with Gasteiger partial charge in [0.25, 0.3) is 5.91 Å². The minimum absolute atomic E-state index is 0.247. The molecule has 4 nitrogen and oxygen atoms in total. The summed E-state index contributed by atoms with van der Waals surface area (Å²) in [7, 11) is 0. The number of carbonyl (C=O) groups is 1. The number of hydrogen-bond acceptors (Lipinski definition) is 3. The van der Waals surface area contributed by atoms with Gasteiger partial charge in [0.1, 0.15) is 17.3 Å². The number of carbonyl (C=O) groups excluding carboxylic acids is 1. The molecule has 0 radical (unpaired) electrons. The van der Waals surface area contributed by atoms with Crippen LogP contribution in [0.1, 0.15) is 16.1 Å². The molecule has 0 atom stereocenters. The van der Waals surface area contributed by atoms with E-state index in [0.29, 0.717) is 22.9 Å². The number of halogens is 2. The summed E-state index contributed by atoms with van der Waals surface area (Å²) in [6, 6.07) is 12.0. The Morgan fingerprint density at radius 1 is 1.04 bits per heavy atom. The van der Waals surface area contributed by atoms with Crippen molar-refractivity contribution in [3.8, 4) is 11.3 Å². The highest BCUT2D eigenvalue weighted by Gasteiger charge is 2.15. The normalized spacial score (nSPS) is 11.0. The maximum Gasteiger partial charge on any atom is 0.269 e. The van der Waals surface area contributed by atoms with Gasteiger partial charge in [-0.3, -0.25) is 9.20 Å². The van der Waals surface area contributed by atoms with Crippen LogP contribution in [0.5, 0.6) is 0 Å². The second kappa shape index (κ2) is 6.68. The van der Waals surface area contributed by atoms with E-state index >= 15 is 0 Å². The van der Waals surface area contributed by atoms with Crippen LogP contribution in [-0.4, -0.2) is 15.3 Å². The minimum Gasteiger partial charge on any atom is -0.347 e. The zero-order valence-corrected chi connectivity index (χ0v) is 14.3. The van der Waals surface area contributed by atoms with Gasteiger partial charge in [-0.15, -0.1) is 11.3 Å². The zero-order chi connectivity index (χ0) is 18.1. The predicted molar refractivity (Wildman–Crippen MR) is 96.0 cm³/mol. The molecule has 4 aromatic rings. The number of amides is 1. The molecule has 1 amide bonds. The highest BCUT2D eigenvalue weighted by Crippen LogP contribution is 2.24. The topological polar surface area (TPSA) is 46.4 Å². The SMILES string of the molecule is O=C(NCc1ccc(F)cc1)c1csc2nc(-c3ccc(F)cc3)cn12. The molecule has 0 bridgehead atoms. The van der Waals surface area contributed by atoms with Crippen LogP contribution < -0.4 is 5.32 Å². The molecule has 0 unspecified atom stereocenters. The Kier molecular flexibility index (Phi) is 4.22. The molecule has 130 valence electrons. The van der Waals surface area contributed by atoms with Gasteiger partial charge in [0.15, 0.2) is 4.96 Å². The third-order valence-electron chi connectivity index (χ3n) is 3.95. The molecule has 0 fully saturated rings. The monoisotopic (exact) mass is 369 g/mol. The number of nitrogens with one attached hydrogen (secondary N) is 1. The van der Waals surface area contributed by atoms with Crippen LogP contribution in [0, 0.1) is 11.6 Å². The minimum atomic E-state index is -0.314. The van der Waals surface area contributed by atoms with Crippen molar-refractivity contribution in [2.75, 3.05) is 0 Å². The number of benzene rings is 2. The summed E-state index contributed by atoms with van der Waals surface area (Å²) in [6.07, 6.45) is 1.76. The maximum absolute atomic E-state index is 13.1. The van der Waals surface area contributed by atoms with Crippen molar-refractivity contribution in [3.05, 3.63) is 83.0 Å². The van der Waals surface area contributed by atoms with Crippen LogP contribution >= 0.6 is 11.3 Å². The summed E-state index contributed by atoms with van der Waals surface area (Å²) in [5, 5.41) is 4.55. The fraction of sp³-hybridized carbons (Fsp3) is 0.0526. The van der Waals surface area contributed by atoms with Crippen LogP contribution in [0.4, 0.5) is 8.78 Å². The van der Waals surface area contributed by atoms with Gasteiger partial charge in [0.05, 0.1) is 5.69 Å². The maximum atomic E-state index is 13.1. The quantitative estimate of drug-likeness (QED) is 0.584. The average molecular weight is 369 g/mol. The van der Waals surface area contributed by atoms with Crippen LogP contribution in [0.25, 0.3) is 16.2 Å². The van der Waals surface area contributed by atoms with Gasteiger partial charge in [0, 0.05) is 23.7 Å². The standard InChI is InChI=1S/C19H13F2N3OS/c20-14-5-1-12(2-6-14)9-22-18(25)17-11-26-19-23-16(10-24(17)19)13-3-7-15(21)8-4-13/h1-8,10-11H,9H2,(H,22,25). The lowest BCUT2D eigenvalue weighted by Gasteiger charge is -2.04. The van der Waals surface area contributed by atoms with E-state index in [2.05, 4.69) is 10.3 Å². The molecule has 2 aromatic carbocycles. The summed E-state index contributed by atoms with van der Waals surface area (Å²) >= 11 is 1.35. The van der Waals surface area contributed by atoms with Crippen molar-refractivity contribution >= 4 is 22.2 Å². The highest BCUT2D eigenvalue weighted by molar-refractivity contribution is 7.15. The Hall–Kier alpha value is -3.06. The smallest absolute Gasteiger partial charge is 0.269 e. The lowest BCUT2D eigenvalue weighted by molar-refractivity contribution is 0.0945. The lowest BCUT2D eigenvalue weighted by Crippen LogP contribution is -2.23. The number of aromatic nitrogens is 2. The Bertz CT molecular complexity index is 1070. The van der Waals surface area contributed by atoms with Crippen molar-refractivity contribution in [3.63, 3.8) is 0 Å². The summed E-state index contributed by atoms with van der Waals surface area (Å²) in [5.41, 5.74) is 2.72. The molecule has 0 aliphatic carbocycles. The first-order valence-electron chi connectivity index (χ1n) is 7.85. The van der Waals surface area contributed by atoms with Crippen molar-refractivity contribution in [2.45, 2.75) is 6.54 Å². The number of imidazole rings is 1. The Morgan fingerprint density at radius 3 is 2.38 bits per heavy atom. The van der Waals surface area contributed by atoms with Gasteiger partial charge in [-0.25, -0.2) is 13.8 Å². The fourth-order valence-electron chi connectivity index (χ4n) is 2.58. The van der Waals surface area contributed by atoms with Crippen LogP contribution in [0.15, 0.2) is 60.1 Å². The molecular weight excluding hydrogens is 356 g/mol. The Labute approximate surface area is 151 Å². The summed E-state index contributed by atoms with van der Waals surface area (Å²) in [6.45, 7) is 0.302. The van der Waals surface area contributed by atoms with E-state index in [4.69, 9.17) is 0 Å². The first-order chi connectivity index (χ1) is 12.6. The van der Waals surface area contributed by atoms with Gasteiger partial charge in [-0.1, -0.05) is 12.1 Å². The van der Waals surface area contributed by atoms with Gasteiger partial charge >= 0.3 is 0 Å². The molecule has 2 aromatic heterocycles. The van der Waals surface area contributed by atoms with Crippen molar-refractivity contribution in [2.24, 2.45) is 0 Å². The first-order valence-corrected chi connectivity index (χ1v) is 8.73. The molecule has 0 aliphatic rings. The summed E-state index contributed by atoms with van der Waals surface area (Å²) in [4.78, 5) is 17.6. The van der Waals surface area contributed by atoms with Gasteiger partial charge in [-0.2, -0.15) is 0 Å². The van der Waals surface area contributed by atoms with Crippen molar-refractivity contribution in [1.29, 1.82) is 0 Å². The first kappa shape index (κ1) is 16.4. The van der Waals surface area contributed by atoms with Crippen LogP contribution in [0.3, 0.4) is 0 Å². The van der Waals surface area contributed by atoms with Gasteiger partial charge < -0.3 is 5.32 Å². The van der Waals surface area contributed by atoms with E-state index in [1.54, 1.807) is 40.2 Å². The third-order valence-corrected chi connectivity index (χ3v) is 4.79. The fourth-order valence-corrected chi connectivity index (χ4v) is 3.44. The number of hydrogen-bond donors (Lipinski definition) is 1. The van der Waals surface area contributed by atoms with Crippen molar-refractivity contribution < 1.29 is 13.6 Å². The molecule has 0 saturated heterocycles. The largest absolute Gasteiger partial charge is 0.347 e. The number of nitrogens with zero attached hydrogens (tertiary/aromatic N) is 2. The van der Waals surface area contributed by atoms with Crippen LogP contribution in [-0.2, 0) is 6.54 Å². The number of rotatable bonds is 4. The number of thiazole rings is 1. The molecule has 2 heterocycles. The van der Waals surface area contributed by atoms with E-state index < -0.39 is 0 Å². The van der Waals surface area contributed by atoms with Gasteiger partial charge in [0.2, 0.25) is 0 Å².